The Hall–Kier alpha value is -0.810. The van der Waals surface area contributed by atoms with E-state index in [-0.39, 0.29) is 11.1 Å². The standard InChI is InChI=1S/C11H10BrF3O/c12-10-5-4-8(3-1-2-6-16)7-9(10)11(13,14)15/h1,3-5,7,16H,2,6H2. The average Bonchev–Trinajstić information content (AvgIpc) is 2.19. The van der Waals surface area contributed by atoms with Gasteiger partial charge >= 0.3 is 6.18 Å². The summed E-state index contributed by atoms with van der Waals surface area (Å²) in [4.78, 5) is 0. The quantitative estimate of drug-likeness (QED) is 0.897. The van der Waals surface area contributed by atoms with Gasteiger partial charge in [-0.2, -0.15) is 13.2 Å². The van der Waals surface area contributed by atoms with Crippen molar-refractivity contribution in [1.29, 1.82) is 0 Å². The van der Waals surface area contributed by atoms with Crippen LogP contribution < -0.4 is 0 Å². The molecule has 0 spiro atoms. The highest BCUT2D eigenvalue weighted by molar-refractivity contribution is 9.10. The summed E-state index contributed by atoms with van der Waals surface area (Å²) in [6.07, 6.45) is -0.752. The number of hydrogen-bond acceptors (Lipinski definition) is 1. The Labute approximate surface area is 99.7 Å². The van der Waals surface area contributed by atoms with Crippen LogP contribution in [0.1, 0.15) is 17.5 Å². The van der Waals surface area contributed by atoms with E-state index in [0.29, 0.717) is 12.0 Å². The smallest absolute Gasteiger partial charge is 0.396 e. The van der Waals surface area contributed by atoms with Gasteiger partial charge in [-0.15, -0.1) is 0 Å². The summed E-state index contributed by atoms with van der Waals surface area (Å²) in [6, 6.07) is 4.01. The van der Waals surface area contributed by atoms with E-state index in [4.69, 9.17) is 5.11 Å². The second kappa shape index (κ2) is 5.50. The molecule has 0 aliphatic heterocycles. The molecule has 0 aliphatic rings. The van der Waals surface area contributed by atoms with Gasteiger partial charge in [-0.25, -0.2) is 0 Å². The van der Waals surface area contributed by atoms with Crippen molar-refractivity contribution in [3.8, 4) is 0 Å². The first-order chi connectivity index (χ1) is 7.45. The van der Waals surface area contributed by atoms with Crippen molar-refractivity contribution in [2.45, 2.75) is 12.6 Å². The van der Waals surface area contributed by atoms with E-state index in [9.17, 15) is 13.2 Å². The molecule has 5 heteroatoms. The van der Waals surface area contributed by atoms with Gasteiger partial charge in [-0.05, 0) is 24.1 Å². The van der Waals surface area contributed by atoms with Gasteiger partial charge in [0.1, 0.15) is 0 Å². The van der Waals surface area contributed by atoms with Gasteiger partial charge in [0.2, 0.25) is 0 Å². The molecule has 0 aliphatic carbocycles. The fraction of sp³-hybridized carbons (Fsp3) is 0.273. The van der Waals surface area contributed by atoms with Crippen molar-refractivity contribution in [1.82, 2.24) is 0 Å². The number of hydrogen-bond donors (Lipinski definition) is 1. The molecule has 0 fully saturated rings. The lowest BCUT2D eigenvalue weighted by Crippen LogP contribution is -2.06. The van der Waals surface area contributed by atoms with E-state index in [2.05, 4.69) is 15.9 Å². The van der Waals surface area contributed by atoms with Crippen LogP contribution in [0, 0.1) is 0 Å². The topological polar surface area (TPSA) is 20.2 Å². The molecule has 0 atom stereocenters. The van der Waals surface area contributed by atoms with Crippen LogP contribution in [0.3, 0.4) is 0 Å². The molecular formula is C11H10BrF3O. The van der Waals surface area contributed by atoms with Crippen LogP contribution in [0.5, 0.6) is 0 Å². The number of halogens is 4. The fourth-order valence-electron chi connectivity index (χ4n) is 1.16. The van der Waals surface area contributed by atoms with Gasteiger partial charge in [-0.1, -0.05) is 34.1 Å². The van der Waals surface area contributed by atoms with E-state index in [1.807, 2.05) is 0 Å². The predicted octanol–water partition coefficient (Wildman–Crippen LogP) is 3.86. The van der Waals surface area contributed by atoms with Gasteiger partial charge in [0, 0.05) is 11.1 Å². The van der Waals surface area contributed by atoms with Crippen molar-refractivity contribution in [2.75, 3.05) is 6.61 Å². The largest absolute Gasteiger partial charge is 0.417 e. The molecule has 1 nitrogen and oxygen atoms in total. The minimum atomic E-state index is -4.36. The lowest BCUT2D eigenvalue weighted by Gasteiger charge is -2.09. The number of rotatable bonds is 3. The highest BCUT2D eigenvalue weighted by atomic mass is 79.9. The minimum absolute atomic E-state index is 0.0147. The van der Waals surface area contributed by atoms with E-state index >= 15 is 0 Å². The van der Waals surface area contributed by atoms with Crippen LogP contribution in [0.2, 0.25) is 0 Å². The zero-order chi connectivity index (χ0) is 12.2. The summed E-state index contributed by atoms with van der Waals surface area (Å²) in [5.74, 6) is 0. The number of benzene rings is 1. The molecule has 0 heterocycles. The van der Waals surface area contributed by atoms with Crippen LogP contribution in [0.4, 0.5) is 13.2 Å². The maximum Gasteiger partial charge on any atom is 0.417 e. The summed E-state index contributed by atoms with van der Waals surface area (Å²) < 4.78 is 37.6. The van der Waals surface area contributed by atoms with Crippen molar-refractivity contribution in [2.24, 2.45) is 0 Å². The Morgan fingerprint density at radius 2 is 2.00 bits per heavy atom. The maximum atomic E-state index is 12.5. The number of alkyl halides is 3. The van der Waals surface area contributed by atoms with Gasteiger partial charge < -0.3 is 5.11 Å². The molecule has 0 bridgehead atoms. The SMILES string of the molecule is OCCC=Cc1ccc(Br)c(C(F)(F)F)c1. The monoisotopic (exact) mass is 294 g/mol. The molecule has 1 rings (SSSR count). The second-order valence-electron chi connectivity index (χ2n) is 3.15. The average molecular weight is 295 g/mol. The fourth-order valence-corrected chi connectivity index (χ4v) is 1.63. The molecule has 88 valence electrons. The Balaban J connectivity index is 2.99. The zero-order valence-electron chi connectivity index (χ0n) is 8.26. The summed E-state index contributed by atoms with van der Waals surface area (Å²) in [5.41, 5.74) is -0.234. The zero-order valence-corrected chi connectivity index (χ0v) is 9.85. The summed E-state index contributed by atoms with van der Waals surface area (Å²) in [7, 11) is 0. The third-order valence-corrected chi connectivity index (χ3v) is 2.59. The molecule has 1 aromatic rings. The van der Waals surface area contributed by atoms with Crippen LogP contribution >= 0.6 is 15.9 Å². The Bertz CT molecular complexity index is 385. The molecular weight excluding hydrogens is 285 g/mol. The first-order valence-corrected chi connectivity index (χ1v) is 5.38. The van der Waals surface area contributed by atoms with Crippen LogP contribution in [0.15, 0.2) is 28.7 Å². The molecule has 0 radical (unpaired) electrons. The van der Waals surface area contributed by atoms with Crippen molar-refractivity contribution in [3.63, 3.8) is 0 Å². The Kier molecular flexibility index (Phi) is 4.56. The summed E-state index contributed by atoms with van der Waals surface area (Å²) >= 11 is 2.86. The molecule has 16 heavy (non-hydrogen) atoms. The van der Waals surface area contributed by atoms with Crippen LogP contribution in [-0.4, -0.2) is 11.7 Å². The van der Waals surface area contributed by atoms with Crippen molar-refractivity contribution in [3.05, 3.63) is 39.9 Å². The van der Waals surface area contributed by atoms with Crippen LogP contribution in [-0.2, 0) is 6.18 Å². The van der Waals surface area contributed by atoms with E-state index < -0.39 is 11.7 Å². The van der Waals surface area contributed by atoms with E-state index in [0.717, 1.165) is 6.07 Å². The lowest BCUT2D eigenvalue weighted by atomic mass is 10.1. The Morgan fingerprint density at radius 3 is 2.56 bits per heavy atom. The Morgan fingerprint density at radius 1 is 1.31 bits per heavy atom. The predicted molar refractivity (Wildman–Crippen MR) is 59.9 cm³/mol. The molecule has 0 saturated carbocycles. The minimum Gasteiger partial charge on any atom is -0.396 e. The second-order valence-corrected chi connectivity index (χ2v) is 4.01. The third kappa shape index (κ3) is 3.64. The molecule has 0 unspecified atom stereocenters. The molecule has 1 N–H and O–H groups in total. The normalized spacial score (nSPS) is 12.3. The lowest BCUT2D eigenvalue weighted by molar-refractivity contribution is -0.138. The maximum absolute atomic E-state index is 12.5. The first-order valence-electron chi connectivity index (χ1n) is 4.59. The molecule has 0 amide bonds. The summed E-state index contributed by atoms with van der Waals surface area (Å²) in [5, 5.41) is 8.53. The van der Waals surface area contributed by atoms with Gasteiger partial charge in [-0.3, -0.25) is 0 Å². The van der Waals surface area contributed by atoms with Crippen molar-refractivity contribution >= 4 is 22.0 Å². The summed E-state index contributed by atoms with van der Waals surface area (Å²) in [6.45, 7) is -0.0147. The molecule has 0 aromatic heterocycles. The third-order valence-electron chi connectivity index (χ3n) is 1.90. The highest BCUT2D eigenvalue weighted by Gasteiger charge is 2.32. The van der Waals surface area contributed by atoms with E-state index in [1.54, 1.807) is 18.2 Å². The van der Waals surface area contributed by atoms with Gasteiger partial charge in [0.25, 0.3) is 0 Å². The van der Waals surface area contributed by atoms with Crippen molar-refractivity contribution < 1.29 is 18.3 Å². The van der Waals surface area contributed by atoms with E-state index in [1.165, 1.54) is 6.07 Å². The first kappa shape index (κ1) is 13.3. The molecule has 0 saturated heterocycles. The van der Waals surface area contributed by atoms with Crippen LogP contribution in [0.25, 0.3) is 6.08 Å². The number of aliphatic hydroxyl groups is 1. The van der Waals surface area contributed by atoms with Gasteiger partial charge in [0.15, 0.2) is 0 Å². The number of aliphatic hydroxyl groups excluding tert-OH is 1. The highest BCUT2D eigenvalue weighted by Crippen LogP contribution is 2.35. The van der Waals surface area contributed by atoms with Gasteiger partial charge in [0.05, 0.1) is 5.56 Å². The molecule has 1 aromatic carbocycles.